The van der Waals surface area contributed by atoms with Crippen molar-refractivity contribution >= 4 is 24.0 Å². The van der Waals surface area contributed by atoms with Gasteiger partial charge in [-0.1, -0.05) is 0 Å². The topological polar surface area (TPSA) is 28.7 Å². The Hall–Kier alpha value is -0.740. The molecule has 0 spiro atoms. The van der Waals surface area contributed by atoms with Crippen LogP contribution in [-0.2, 0) is 5.75 Å². The third-order valence-corrected chi connectivity index (χ3v) is 2.79. The molecule has 0 aromatic carbocycles. The van der Waals surface area contributed by atoms with Crippen molar-refractivity contribution in [3.05, 3.63) is 29.4 Å². The number of nitrogens with zero attached hydrogens (tertiary/aromatic N) is 1. The molecule has 2 rings (SSSR count). The van der Waals surface area contributed by atoms with E-state index in [1.54, 1.807) is 11.3 Å². The molecule has 12 heavy (non-hydrogen) atoms. The van der Waals surface area contributed by atoms with Crippen LogP contribution in [0, 0.1) is 0 Å². The summed E-state index contributed by atoms with van der Waals surface area (Å²) in [6, 6.07) is 3.98. The highest BCUT2D eigenvalue weighted by Gasteiger charge is 2.02. The Kier molecular flexibility index (Phi) is 2.19. The lowest BCUT2D eigenvalue weighted by molar-refractivity contribution is 1.23. The molecule has 0 aliphatic carbocycles. The first-order chi connectivity index (χ1) is 5.90. The van der Waals surface area contributed by atoms with E-state index in [2.05, 4.69) is 22.6 Å². The zero-order valence-corrected chi connectivity index (χ0v) is 8.03. The molecule has 2 nitrogen and oxygen atoms in total. The van der Waals surface area contributed by atoms with E-state index in [1.165, 1.54) is 0 Å². The van der Waals surface area contributed by atoms with Crippen LogP contribution in [0.4, 0.5) is 0 Å². The Morgan fingerprint density at radius 3 is 3.08 bits per heavy atom. The molecule has 62 valence electrons. The summed E-state index contributed by atoms with van der Waals surface area (Å²) in [7, 11) is 0. The summed E-state index contributed by atoms with van der Waals surface area (Å²) in [6.07, 6.45) is 1.90. The monoisotopic (exact) mass is 196 g/mol. The fourth-order valence-electron chi connectivity index (χ4n) is 0.967. The van der Waals surface area contributed by atoms with Crippen molar-refractivity contribution in [2.45, 2.75) is 5.75 Å². The van der Waals surface area contributed by atoms with E-state index in [0.29, 0.717) is 5.75 Å². The third-order valence-electron chi connectivity index (χ3n) is 1.54. The number of rotatable bonds is 2. The smallest absolute Gasteiger partial charge is 0.139 e. The molecule has 0 saturated heterocycles. The number of nitrogens with one attached hydrogen (secondary N) is 1. The molecule has 0 aliphatic heterocycles. The normalized spacial score (nSPS) is 10.4. The summed E-state index contributed by atoms with van der Waals surface area (Å²) in [5, 5.41) is 3.06. The Morgan fingerprint density at radius 2 is 2.50 bits per heavy atom. The predicted octanol–water partition coefficient (Wildman–Crippen LogP) is 2.57. The molecule has 0 aliphatic rings. The van der Waals surface area contributed by atoms with Gasteiger partial charge in [0.15, 0.2) is 0 Å². The summed E-state index contributed by atoms with van der Waals surface area (Å²) in [6.45, 7) is 0. The summed E-state index contributed by atoms with van der Waals surface area (Å²) in [5.74, 6) is 0.706. The Labute approximate surface area is 80.1 Å². The number of hydrogen-bond donors (Lipinski definition) is 2. The summed E-state index contributed by atoms with van der Waals surface area (Å²) in [4.78, 5) is 7.50. The van der Waals surface area contributed by atoms with Gasteiger partial charge in [-0.25, -0.2) is 4.98 Å². The molecule has 2 aromatic rings. The highest BCUT2D eigenvalue weighted by Crippen LogP contribution is 2.22. The maximum atomic E-state index is 4.38. The molecular weight excluding hydrogens is 188 g/mol. The first-order valence-corrected chi connectivity index (χ1v) is 5.10. The molecule has 0 radical (unpaired) electrons. The van der Waals surface area contributed by atoms with Crippen molar-refractivity contribution in [3.63, 3.8) is 0 Å². The number of thiazole rings is 1. The molecule has 0 atom stereocenters. The number of aromatic nitrogens is 2. The lowest BCUT2D eigenvalue weighted by Crippen LogP contribution is -1.78. The summed E-state index contributed by atoms with van der Waals surface area (Å²) >= 11 is 5.80. The third kappa shape index (κ3) is 1.40. The van der Waals surface area contributed by atoms with Crippen LogP contribution >= 0.6 is 24.0 Å². The standard InChI is InChI=1S/C8H8N2S2/c11-4-6-5-12-8(10-6)7-2-1-3-9-7/h1-3,5,9,11H,4H2. The van der Waals surface area contributed by atoms with Gasteiger partial charge in [0, 0.05) is 17.3 Å². The second-order valence-electron chi connectivity index (χ2n) is 2.39. The fourth-order valence-corrected chi connectivity index (χ4v) is 2.06. The van der Waals surface area contributed by atoms with E-state index >= 15 is 0 Å². The largest absolute Gasteiger partial charge is 0.359 e. The van der Waals surface area contributed by atoms with Gasteiger partial charge in [-0.2, -0.15) is 12.6 Å². The van der Waals surface area contributed by atoms with E-state index in [0.717, 1.165) is 16.4 Å². The van der Waals surface area contributed by atoms with Crippen LogP contribution in [0.25, 0.3) is 10.7 Å². The number of hydrogen-bond acceptors (Lipinski definition) is 3. The fraction of sp³-hybridized carbons (Fsp3) is 0.125. The van der Waals surface area contributed by atoms with Crippen LogP contribution in [0.3, 0.4) is 0 Å². The van der Waals surface area contributed by atoms with Gasteiger partial charge in [-0.05, 0) is 12.1 Å². The van der Waals surface area contributed by atoms with Gasteiger partial charge in [-0.15, -0.1) is 11.3 Å². The molecule has 0 fully saturated rings. The summed E-state index contributed by atoms with van der Waals surface area (Å²) in [5.41, 5.74) is 2.11. The number of aromatic amines is 1. The highest BCUT2D eigenvalue weighted by molar-refractivity contribution is 7.79. The first kappa shape index (κ1) is 7.89. The van der Waals surface area contributed by atoms with Crippen molar-refractivity contribution in [1.82, 2.24) is 9.97 Å². The van der Waals surface area contributed by atoms with E-state index in [9.17, 15) is 0 Å². The second-order valence-corrected chi connectivity index (χ2v) is 3.56. The van der Waals surface area contributed by atoms with Crippen LogP contribution in [0.5, 0.6) is 0 Å². The molecule has 0 saturated carbocycles. The highest BCUT2D eigenvalue weighted by atomic mass is 32.1. The van der Waals surface area contributed by atoms with Crippen molar-refractivity contribution in [3.8, 4) is 10.7 Å². The molecule has 0 amide bonds. The molecule has 2 aromatic heterocycles. The molecule has 0 bridgehead atoms. The van der Waals surface area contributed by atoms with Crippen molar-refractivity contribution in [1.29, 1.82) is 0 Å². The quantitative estimate of drug-likeness (QED) is 0.710. The van der Waals surface area contributed by atoms with Crippen LogP contribution in [0.1, 0.15) is 5.69 Å². The minimum atomic E-state index is 0.706. The minimum absolute atomic E-state index is 0.706. The maximum absolute atomic E-state index is 4.38. The average molecular weight is 196 g/mol. The lowest BCUT2D eigenvalue weighted by Gasteiger charge is -1.87. The second kappa shape index (κ2) is 3.33. The first-order valence-electron chi connectivity index (χ1n) is 3.59. The van der Waals surface area contributed by atoms with Gasteiger partial charge in [-0.3, -0.25) is 0 Å². The van der Waals surface area contributed by atoms with E-state index in [-0.39, 0.29) is 0 Å². The van der Waals surface area contributed by atoms with Crippen molar-refractivity contribution in [2.24, 2.45) is 0 Å². The molecule has 4 heteroatoms. The van der Waals surface area contributed by atoms with Gasteiger partial charge in [0.1, 0.15) is 5.01 Å². The Bertz CT molecular complexity index is 351. The zero-order chi connectivity index (χ0) is 8.39. The maximum Gasteiger partial charge on any atom is 0.139 e. The molecule has 0 unspecified atom stereocenters. The lowest BCUT2D eigenvalue weighted by atomic mass is 10.4. The Balaban J connectivity index is 2.35. The van der Waals surface area contributed by atoms with E-state index in [1.807, 2.05) is 23.7 Å². The van der Waals surface area contributed by atoms with E-state index < -0.39 is 0 Å². The van der Waals surface area contributed by atoms with Crippen LogP contribution in [-0.4, -0.2) is 9.97 Å². The number of H-pyrrole nitrogens is 1. The van der Waals surface area contributed by atoms with Crippen LogP contribution < -0.4 is 0 Å². The van der Waals surface area contributed by atoms with E-state index in [4.69, 9.17) is 0 Å². The van der Waals surface area contributed by atoms with Crippen molar-refractivity contribution in [2.75, 3.05) is 0 Å². The SMILES string of the molecule is SCc1csc(-c2ccc[nH]2)n1. The van der Waals surface area contributed by atoms with Gasteiger partial charge >= 0.3 is 0 Å². The Morgan fingerprint density at radius 1 is 1.58 bits per heavy atom. The molecular formula is C8H8N2S2. The summed E-state index contributed by atoms with van der Waals surface area (Å²) < 4.78 is 0. The molecule has 2 heterocycles. The van der Waals surface area contributed by atoms with Crippen molar-refractivity contribution < 1.29 is 0 Å². The minimum Gasteiger partial charge on any atom is -0.359 e. The zero-order valence-electron chi connectivity index (χ0n) is 6.32. The average Bonchev–Trinajstić information content (AvgIpc) is 2.75. The van der Waals surface area contributed by atoms with Crippen LogP contribution in [0.2, 0.25) is 0 Å². The van der Waals surface area contributed by atoms with Crippen LogP contribution in [0.15, 0.2) is 23.7 Å². The van der Waals surface area contributed by atoms with Gasteiger partial charge in [0.2, 0.25) is 0 Å². The number of thiol groups is 1. The predicted molar refractivity (Wildman–Crippen MR) is 54.6 cm³/mol. The molecule has 1 N–H and O–H groups in total. The van der Waals surface area contributed by atoms with Gasteiger partial charge in [0.05, 0.1) is 11.4 Å². The van der Waals surface area contributed by atoms with Gasteiger partial charge in [0.25, 0.3) is 0 Å². The van der Waals surface area contributed by atoms with Gasteiger partial charge < -0.3 is 4.98 Å².